The van der Waals surface area contributed by atoms with Gasteiger partial charge in [0, 0.05) is 43.1 Å². The summed E-state index contributed by atoms with van der Waals surface area (Å²) in [5.74, 6) is 0. The van der Waals surface area contributed by atoms with Gasteiger partial charge in [0.1, 0.15) is 22.4 Å². The predicted octanol–water partition coefficient (Wildman–Crippen LogP) is 22.2. The van der Waals surface area contributed by atoms with Gasteiger partial charge in [-0.05, 0) is 97.1 Å². The van der Waals surface area contributed by atoms with E-state index in [0.717, 1.165) is 24.3 Å². The number of hydrogen-bond acceptors (Lipinski definition) is 3. The fraction of sp³-hybridized carbons (Fsp3) is 0.129. The Morgan fingerprint density at radius 2 is 0.344 bits per heavy atom. The lowest BCUT2D eigenvalue weighted by Gasteiger charge is -2.27. The molecule has 14 aromatic rings. The maximum atomic E-state index is 15.4. The van der Waals surface area contributed by atoms with E-state index in [9.17, 15) is 0 Å². The van der Waals surface area contributed by atoms with Crippen LogP contribution in [0.3, 0.4) is 0 Å². The molecule has 0 amide bonds. The molecule has 6 nitrogen and oxygen atoms in total. The average molecular weight is 1340 g/mol. The Kier molecular flexibility index (Phi) is 12.7. The summed E-state index contributed by atoms with van der Waals surface area (Å²) < 4.78 is 378. The highest BCUT2D eigenvalue weighted by Crippen LogP contribution is 2.53. The molecule has 5 heterocycles. The van der Waals surface area contributed by atoms with Gasteiger partial charge in [0.25, 0.3) is 0 Å². The molecule has 93 heavy (non-hydrogen) atoms. The lowest BCUT2D eigenvalue weighted by molar-refractivity contribution is -0.138. The van der Waals surface area contributed by atoms with E-state index in [0.29, 0.717) is 115 Å². The number of aromatic nitrogens is 6. The van der Waals surface area contributed by atoms with Crippen LogP contribution in [-0.4, -0.2) is 27.0 Å². The van der Waals surface area contributed by atoms with Gasteiger partial charge in [-0.1, -0.05) is 48.5 Å². The van der Waals surface area contributed by atoms with Crippen LogP contribution in [0, 0.1) is 0 Å². The van der Waals surface area contributed by atoms with E-state index in [1.54, 1.807) is 0 Å². The number of rotatable bonds is 4. The topological polar surface area (TPSA) is 45.5 Å². The van der Waals surface area contributed by atoms with Crippen molar-refractivity contribution in [1.82, 2.24) is 27.0 Å². The molecule has 0 aliphatic rings. The number of halogens is 24. The Balaban J connectivity index is 1.40. The third kappa shape index (κ3) is 9.51. The molecule has 476 valence electrons. The van der Waals surface area contributed by atoms with Gasteiger partial charge in [0.15, 0.2) is 0 Å². The van der Waals surface area contributed by atoms with Crippen molar-refractivity contribution < 1.29 is 105 Å². The second-order valence-electron chi connectivity index (χ2n) is 21.5. The van der Waals surface area contributed by atoms with Crippen LogP contribution in [0.4, 0.5) is 105 Å². The Bertz CT molecular complexity index is 4900. The van der Waals surface area contributed by atoms with Crippen LogP contribution in [-0.2, 0) is 49.4 Å². The number of fused-ring (bicyclic) bond motifs is 13. The molecule has 0 unspecified atom stereocenters. The summed E-state index contributed by atoms with van der Waals surface area (Å²) in [6, 6.07) is 11.8. The number of nitrogens with zero attached hydrogens (tertiary/aromatic N) is 6. The lowest BCUT2D eigenvalue weighted by Crippen LogP contribution is -2.16. The minimum Gasteiger partial charge on any atom is -0.305 e. The molecule has 0 fully saturated rings. The van der Waals surface area contributed by atoms with Crippen molar-refractivity contribution in [2.75, 3.05) is 0 Å². The molecule has 0 N–H and O–H groups in total. The summed E-state index contributed by atoms with van der Waals surface area (Å²) in [5, 5.41) is -3.74. The molecule has 14 rings (SSSR count). The van der Waals surface area contributed by atoms with Crippen molar-refractivity contribution >= 4 is 110 Å². The highest BCUT2D eigenvalue weighted by molar-refractivity contribution is 7.00. The van der Waals surface area contributed by atoms with Crippen molar-refractivity contribution in [3.05, 3.63) is 190 Å². The van der Waals surface area contributed by atoms with Crippen molar-refractivity contribution in [2.24, 2.45) is 0 Å². The van der Waals surface area contributed by atoms with Crippen LogP contribution < -0.4 is 0 Å². The highest BCUT2D eigenvalue weighted by atomic mass is 32.1. The summed E-state index contributed by atoms with van der Waals surface area (Å²) in [6.07, 6.45) is -43.5. The van der Waals surface area contributed by atoms with E-state index in [1.165, 1.54) is 0 Å². The van der Waals surface area contributed by atoms with Crippen LogP contribution in [0.15, 0.2) is 146 Å². The maximum Gasteiger partial charge on any atom is 0.416 e. The first-order valence-electron chi connectivity index (χ1n) is 26.4. The molecule has 0 saturated heterocycles. The molecular weight excluding hydrogens is 1320 g/mol. The molecule has 9 aromatic carbocycles. The van der Waals surface area contributed by atoms with Crippen LogP contribution in [0.25, 0.3) is 121 Å². The lowest BCUT2D eigenvalue weighted by atomic mass is 10.1. The van der Waals surface area contributed by atoms with Gasteiger partial charge in [-0.2, -0.15) is 114 Å². The summed E-state index contributed by atoms with van der Waals surface area (Å²) in [5.41, 5.74) is -27.0. The van der Waals surface area contributed by atoms with E-state index in [1.807, 2.05) is 0 Å². The number of hydrogen-bond donors (Lipinski definition) is 0. The third-order valence-corrected chi connectivity index (χ3v) is 16.7. The van der Waals surface area contributed by atoms with E-state index in [2.05, 4.69) is 8.75 Å². The van der Waals surface area contributed by atoms with Crippen molar-refractivity contribution in [3.8, 4) is 22.7 Å². The fourth-order valence-electron chi connectivity index (χ4n) is 12.2. The van der Waals surface area contributed by atoms with Crippen molar-refractivity contribution in [3.63, 3.8) is 0 Å². The van der Waals surface area contributed by atoms with E-state index >= 15 is 105 Å². The Morgan fingerprint density at radius 1 is 0.204 bits per heavy atom. The van der Waals surface area contributed by atoms with Gasteiger partial charge in [-0.15, -0.1) is 0 Å². The molecule has 0 aliphatic heterocycles. The first-order chi connectivity index (χ1) is 43.2. The summed E-state index contributed by atoms with van der Waals surface area (Å²) >= 11 is 0.0164. The monoisotopic (exact) mass is 1340 g/mol. The van der Waals surface area contributed by atoms with Gasteiger partial charge < -0.3 is 18.3 Å². The smallest absolute Gasteiger partial charge is 0.305 e. The standard InChI is InChI=1S/C62H24F24N6S/c63-55(64,65)25-1-9-33-34-10-2-26(56(66,67)68)18-42(34)89(41(33)17-25)51-49-50(88-93-87-49)52(90-43-19-27(57(69,70)71)3-11-35(43)36-12-4-28(20-44(36)90)58(72,73)74)54(92-47-23-31(61(81,82)83)7-15-39(47)40-16-8-32(24-48(40)92)62(84,85)86)53(51)91-45-21-29(59(75,76)77)5-13-37(45)38-14-6-30(22-46(38)91)60(78,79)80/h1-24H. The molecule has 0 atom stereocenters. The largest absolute Gasteiger partial charge is 0.416 e. The average Bonchev–Trinajstić information content (AvgIpc) is 1.56. The normalized spacial score (nSPS) is 13.8. The zero-order chi connectivity index (χ0) is 66.7. The van der Waals surface area contributed by atoms with Gasteiger partial charge in [0.05, 0.1) is 112 Å². The molecular formula is C62H24F24N6S. The fourth-order valence-corrected chi connectivity index (χ4v) is 12.8. The summed E-state index contributed by atoms with van der Waals surface area (Å²) in [4.78, 5) is 0. The maximum absolute atomic E-state index is 15.4. The van der Waals surface area contributed by atoms with Gasteiger partial charge >= 0.3 is 49.4 Å². The van der Waals surface area contributed by atoms with Crippen LogP contribution >= 0.6 is 11.7 Å². The molecule has 0 spiro atoms. The van der Waals surface area contributed by atoms with E-state index < -0.39 is 215 Å². The Hall–Kier alpha value is -9.68. The quantitative estimate of drug-likeness (QED) is 0.165. The minimum absolute atomic E-state index is 0.0164. The van der Waals surface area contributed by atoms with Crippen molar-refractivity contribution in [1.29, 1.82) is 0 Å². The first-order valence-corrected chi connectivity index (χ1v) is 27.2. The number of benzene rings is 9. The summed E-state index contributed by atoms with van der Waals surface area (Å²) in [7, 11) is 0. The summed E-state index contributed by atoms with van der Waals surface area (Å²) in [6.45, 7) is 0. The molecule has 0 radical (unpaired) electrons. The second kappa shape index (κ2) is 19.4. The van der Waals surface area contributed by atoms with Gasteiger partial charge in [-0.3, -0.25) is 0 Å². The Labute approximate surface area is 503 Å². The van der Waals surface area contributed by atoms with Crippen molar-refractivity contribution in [2.45, 2.75) is 49.4 Å². The Morgan fingerprint density at radius 3 is 0.484 bits per heavy atom. The van der Waals surface area contributed by atoms with Gasteiger partial charge in [0.2, 0.25) is 0 Å². The molecule has 0 aliphatic carbocycles. The third-order valence-electron chi connectivity index (χ3n) is 16.2. The predicted molar refractivity (Wildman–Crippen MR) is 295 cm³/mol. The van der Waals surface area contributed by atoms with E-state index in [4.69, 9.17) is 0 Å². The van der Waals surface area contributed by atoms with E-state index in [-0.39, 0.29) is 36.0 Å². The zero-order valence-electron chi connectivity index (χ0n) is 45.0. The minimum atomic E-state index is -5.47. The number of alkyl halides is 24. The highest BCUT2D eigenvalue weighted by Gasteiger charge is 2.42. The molecule has 0 saturated carbocycles. The van der Waals surface area contributed by atoms with Crippen LogP contribution in [0.1, 0.15) is 44.5 Å². The van der Waals surface area contributed by atoms with Gasteiger partial charge in [-0.25, -0.2) is 0 Å². The van der Waals surface area contributed by atoms with Crippen LogP contribution in [0.2, 0.25) is 0 Å². The molecule has 5 aromatic heterocycles. The SMILES string of the molecule is FC(F)(F)c1ccc2c3ccc(C(F)(F)F)cc3n(-c3c(-n4c5cc(C(F)(F)F)ccc5c5ccc(C(F)(F)F)cc54)c(-n4c5cc(C(F)(F)F)ccc5c5ccc(C(F)(F)F)cc54)c4nsnc4c3-n3c4cc(C(F)(F)F)ccc4c4ccc(C(F)(F)F)cc43)c2c1. The first kappa shape index (κ1) is 60.9. The zero-order valence-corrected chi connectivity index (χ0v) is 45.8. The molecule has 0 bridgehead atoms. The van der Waals surface area contributed by atoms with Crippen LogP contribution in [0.5, 0.6) is 0 Å². The second-order valence-corrected chi connectivity index (χ2v) is 22.1. The molecule has 31 heteroatoms.